The van der Waals surface area contributed by atoms with E-state index in [0.29, 0.717) is 12.8 Å². The fourth-order valence-electron chi connectivity index (χ4n) is 3.06. The quantitative estimate of drug-likeness (QED) is 0.869. The van der Waals surface area contributed by atoms with Gasteiger partial charge in [-0.2, -0.15) is 18.3 Å². The van der Waals surface area contributed by atoms with Crippen molar-refractivity contribution in [1.82, 2.24) is 15.1 Å². The molecule has 0 unspecified atom stereocenters. The number of halogens is 4. The highest BCUT2D eigenvalue weighted by molar-refractivity contribution is 5.95. The molecule has 1 heterocycles. The van der Waals surface area contributed by atoms with Crippen LogP contribution in [0.25, 0.3) is 0 Å². The Bertz CT molecular complexity index is 782. The van der Waals surface area contributed by atoms with Crippen LogP contribution < -0.4 is 5.32 Å². The first-order chi connectivity index (χ1) is 11.3. The summed E-state index contributed by atoms with van der Waals surface area (Å²) in [5, 5.41) is 6.24. The van der Waals surface area contributed by atoms with Crippen LogP contribution in [0.1, 0.15) is 46.6 Å². The van der Waals surface area contributed by atoms with Gasteiger partial charge in [-0.3, -0.25) is 9.48 Å². The van der Waals surface area contributed by atoms with Crippen molar-refractivity contribution in [3.05, 3.63) is 52.6 Å². The number of aromatic nitrogens is 2. The first-order valence-corrected chi connectivity index (χ1v) is 7.53. The fraction of sp³-hybridized carbons (Fsp3) is 0.375. The van der Waals surface area contributed by atoms with Gasteiger partial charge in [0.1, 0.15) is 5.82 Å². The summed E-state index contributed by atoms with van der Waals surface area (Å²) in [6, 6.07) is 3.79. The van der Waals surface area contributed by atoms with Gasteiger partial charge < -0.3 is 5.32 Å². The zero-order valence-corrected chi connectivity index (χ0v) is 12.8. The summed E-state index contributed by atoms with van der Waals surface area (Å²) in [4.78, 5) is 12.3. The van der Waals surface area contributed by atoms with Crippen molar-refractivity contribution in [2.75, 3.05) is 0 Å². The SMILES string of the molecule is CCn1ncc(C(=O)N[C@H]2CCc3cc(F)ccc32)c1C(F)(F)F. The van der Waals surface area contributed by atoms with E-state index < -0.39 is 29.4 Å². The maximum atomic E-state index is 13.2. The summed E-state index contributed by atoms with van der Waals surface area (Å²) in [6.45, 7) is 1.53. The van der Waals surface area contributed by atoms with Gasteiger partial charge in [-0.05, 0) is 43.0 Å². The predicted octanol–water partition coefficient (Wildman–Crippen LogP) is 3.48. The third kappa shape index (κ3) is 2.88. The van der Waals surface area contributed by atoms with Crippen molar-refractivity contribution >= 4 is 5.91 Å². The van der Waals surface area contributed by atoms with Crippen LogP contribution in [0.2, 0.25) is 0 Å². The smallest absolute Gasteiger partial charge is 0.345 e. The molecule has 0 aliphatic heterocycles. The number of carbonyl (C=O) groups is 1. The molecule has 1 aromatic carbocycles. The highest BCUT2D eigenvalue weighted by Crippen LogP contribution is 2.34. The largest absolute Gasteiger partial charge is 0.433 e. The fourth-order valence-corrected chi connectivity index (χ4v) is 3.06. The van der Waals surface area contributed by atoms with E-state index in [9.17, 15) is 22.4 Å². The Labute approximate surface area is 135 Å². The first kappa shape index (κ1) is 16.5. The third-order valence-electron chi connectivity index (χ3n) is 4.14. The average Bonchev–Trinajstić information content (AvgIpc) is 3.10. The molecule has 4 nitrogen and oxygen atoms in total. The second kappa shape index (κ2) is 5.92. The van der Waals surface area contributed by atoms with Crippen LogP contribution in [-0.4, -0.2) is 15.7 Å². The van der Waals surface area contributed by atoms with E-state index in [1.54, 1.807) is 6.07 Å². The zero-order valence-electron chi connectivity index (χ0n) is 12.8. The van der Waals surface area contributed by atoms with Gasteiger partial charge in [0.2, 0.25) is 0 Å². The highest BCUT2D eigenvalue weighted by atomic mass is 19.4. The molecule has 128 valence electrons. The monoisotopic (exact) mass is 341 g/mol. The van der Waals surface area contributed by atoms with Crippen LogP contribution >= 0.6 is 0 Å². The summed E-state index contributed by atoms with van der Waals surface area (Å²) < 4.78 is 53.6. The standard InChI is InChI=1S/C16H15F4N3O/c1-2-23-14(16(18,19)20)12(8-21-23)15(24)22-13-6-3-9-7-10(17)4-5-11(9)13/h4-5,7-8,13H,2-3,6H2,1H3,(H,22,24)/t13-/m0/s1. The van der Waals surface area contributed by atoms with E-state index in [4.69, 9.17) is 0 Å². The first-order valence-electron chi connectivity index (χ1n) is 7.53. The molecule has 8 heteroatoms. The molecule has 1 N–H and O–H groups in total. The molecule has 1 amide bonds. The summed E-state index contributed by atoms with van der Waals surface area (Å²) >= 11 is 0. The second-order valence-corrected chi connectivity index (χ2v) is 5.63. The molecule has 0 fully saturated rings. The average molecular weight is 341 g/mol. The van der Waals surface area contributed by atoms with E-state index in [1.807, 2.05) is 0 Å². The molecule has 1 atom stereocenters. The van der Waals surface area contributed by atoms with Crippen LogP contribution in [0.3, 0.4) is 0 Å². The Kier molecular flexibility index (Phi) is 4.06. The summed E-state index contributed by atoms with van der Waals surface area (Å²) in [6.07, 6.45) is -2.65. The lowest BCUT2D eigenvalue weighted by Gasteiger charge is -2.15. The van der Waals surface area contributed by atoms with Crippen molar-refractivity contribution in [2.24, 2.45) is 0 Å². The van der Waals surface area contributed by atoms with Gasteiger partial charge in [0.05, 0.1) is 17.8 Å². The van der Waals surface area contributed by atoms with E-state index in [-0.39, 0.29) is 12.4 Å². The number of rotatable bonds is 3. The molecule has 0 spiro atoms. The number of amides is 1. The number of nitrogens with zero attached hydrogens (tertiary/aromatic N) is 2. The van der Waals surface area contributed by atoms with Gasteiger partial charge >= 0.3 is 6.18 Å². The number of hydrogen-bond donors (Lipinski definition) is 1. The molecule has 1 aliphatic rings. The molecular weight excluding hydrogens is 326 g/mol. The van der Waals surface area contributed by atoms with Crippen LogP contribution in [-0.2, 0) is 19.1 Å². The van der Waals surface area contributed by atoms with E-state index >= 15 is 0 Å². The molecule has 0 bridgehead atoms. The molecule has 1 aliphatic carbocycles. The summed E-state index contributed by atoms with van der Waals surface area (Å²) in [7, 11) is 0. The van der Waals surface area contributed by atoms with Gasteiger partial charge in [0.25, 0.3) is 5.91 Å². The highest BCUT2D eigenvalue weighted by Gasteiger charge is 2.40. The number of fused-ring (bicyclic) bond motifs is 1. The number of benzene rings is 1. The van der Waals surface area contributed by atoms with Gasteiger partial charge in [-0.1, -0.05) is 6.07 Å². The van der Waals surface area contributed by atoms with E-state index in [1.165, 1.54) is 19.1 Å². The lowest BCUT2D eigenvalue weighted by Crippen LogP contribution is -2.29. The number of aryl methyl sites for hydroxylation is 2. The van der Waals surface area contributed by atoms with Crippen LogP contribution in [0.4, 0.5) is 17.6 Å². The lowest BCUT2D eigenvalue weighted by atomic mass is 10.1. The van der Waals surface area contributed by atoms with Crippen LogP contribution in [0, 0.1) is 5.82 Å². The van der Waals surface area contributed by atoms with Crippen molar-refractivity contribution in [2.45, 2.75) is 38.5 Å². The van der Waals surface area contributed by atoms with Crippen LogP contribution in [0.5, 0.6) is 0 Å². The summed E-state index contributed by atoms with van der Waals surface area (Å²) in [5.41, 5.74) is -0.0541. The minimum Gasteiger partial charge on any atom is -0.345 e. The molecular formula is C16H15F4N3O. The Morgan fingerprint density at radius 2 is 2.17 bits per heavy atom. The second-order valence-electron chi connectivity index (χ2n) is 5.63. The Morgan fingerprint density at radius 3 is 2.83 bits per heavy atom. The maximum absolute atomic E-state index is 13.2. The Balaban J connectivity index is 1.87. The van der Waals surface area contributed by atoms with E-state index in [2.05, 4.69) is 10.4 Å². The summed E-state index contributed by atoms with van der Waals surface area (Å²) in [5.74, 6) is -1.20. The number of carbonyl (C=O) groups excluding carboxylic acids is 1. The molecule has 1 aromatic heterocycles. The molecule has 3 rings (SSSR count). The van der Waals surface area contributed by atoms with Gasteiger partial charge in [0.15, 0.2) is 5.69 Å². The molecule has 24 heavy (non-hydrogen) atoms. The minimum atomic E-state index is -4.67. The minimum absolute atomic E-state index is 0.00760. The zero-order chi connectivity index (χ0) is 17.5. The van der Waals surface area contributed by atoms with Crippen LogP contribution in [0.15, 0.2) is 24.4 Å². The number of hydrogen-bond acceptors (Lipinski definition) is 2. The molecule has 0 radical (unpaired) electrons. The Hall–Kier alpha value is -2.38. The number of alkyl halides is 3. The van der Waals surface area contributed by atoms with Gasteiger partial charge in [-0.25, -0.2) is 4.39 Å². The normalized spacial score (nSPS) is 17.0. The predicted molar refractivity (Wildman–Crippen MR) is 77.8 cm³/mol. The molecule has 0 saturated carbocycles. The van der Waals surface area contributed by atoms with Gasteiger partial charge in [0, 0.05) is 6.54 Å². The molecule has 2 aromatic rings. The Morgan fingerprint density at radius 1 is 1.42 bits per heavy atom. The van der Waals surface area contributed by atoms with Crippen molar-refractivity contribution in [3.8, 4) is 0 Å². The van der Waals surface area contributed by atoms with E-state index in [0.717, 1.165) is 22.0 Å². The van der Waals surface area contributed by atoms with Crippen molar-refractivity contribution in [1.29, 1.82) is 0 Å². The number of nitrogens with one attached hydrogen (secondary N) is 1. The van der Waals surface area contributed by atoms with Crippen molar-refractivity contribution in [3.63, 3.8) is 0 Å². The lowest BCUT2D eigenvalue weighted by molar-refractivity contribution is -0.144. The van der Waals surface area contributed by atoms with Crippen molar-refractivity contribution < 1.29 is 22.4 Å². The maximum Gasteiger partial charge on any atom is 0.433 e. The third-order valence-corrected chi connectivity index (χ3v) is 4.14. The van der Waals surface area contributed by atoms with Gasteiger partial charge in [-0.15, -0.1) is 0 Å². The topological polar surface area (TPSA) is 46.9 Å². The molecule has 0 saturated heterocycles.